The average molecular weight is 331 g/mol. The van der Waals surface area contributed by atoms with E-state index in [0.717, 1.165) is 30.7 Å². The molecule has 1 N–H and O–H groups in total. The Morgan fingerprint density at radius 2 is 2.19 bits per heavy atom. The minimum Gasteiger partial charge on any atom is -0.314 e. The van der Waals surface area contributed by atoms with Crippen LogP contribution in [0.1, 0.15) is 38.5 Å². The molecule has 1 unspecified atom stereocenters. The number of hydrogen-bond donors (Lipinski definition) is 1. The molecule has 0 amide bonds. The van der Waals surface area contributed by atoms with Crippen molar-refractivity contribution in [3.8, 4) is 0 Å². The Hall–Kier alpha value is -0.430. The first-order valence-corrected chi connectivity index (χ1v) is 9.97. The van der Waals surface area contributed by atoms with Gasteiger partial charge >= 0.3 is 0 Å². The summed E-state index contributed by atoms with van der Waals surface area (Å²) in [7, 11) is -3.28. The van der Waals surface area contributed by atoms with E-state index in [1.165, 1.54) is 11.3 Å². The summed E-state index contributed by atoms with van der Waals surface area (Å²) in [4.78, 5) is 1.13. The summed E-state index contributed by atoms with van der Waals surface area (Å²) in [6.07, 6.45) is 2.98. The van der Waals surface area contributed by atoms with Gasteiger partial charge in [0, 0.05) is 30.6 Å². The van der Waals surface area contributed by atoms with Gasteiger partial charge in [-0.25, -0.2) is 8.42 Å². The Morgan fingerprint density at radius 3 is 2.86 bits per heavy atom. The summed E-state index contributed by atoms with van der Waals surface area (Å²) in [5.41, 5.74) is 0. The molecule has 0 aliphatic carbocycles. The molecular weight excluding hydrogens is 304 g/mol. The summed E-state index contributed by atoms with van der Waals surface area (Å²) in [6.45, 7) is 8.56. The molecule has 0 spiro atoms. The van der Waals surface area contributed by atoms with E-state index in [0.29, 0.717) is 29.3 Å². The molecule has 6 heteroatoms. The summed E-state index contributed by atoms with van der Waals surface area (Å²) >= 11 is 1.42. The molecule has 0 radical (unpaired) electrons. The van der Waals surface area contributed by atoms with Gasteiger partial charge in [0.25, 0.3) is 10.0 Å². The second kappa shape index (κ2) is 7.22. The zero-order valence-electron chi connectivity index (χ0n) is 13.1. The Kier molecular flexibility index (Phi) is 5.82. The monoisotopic (exact) mass is 330 g/mol. The van der Waals surface area contributed by atoms with Crippen molar-refractivity contribution < 1.29 is 8.42 Å². The van der Waals surface area contributed by atoms with E-state index in [-0.39, 0.29) is 0 Å². The Labute approximate surface area is 132 Å². The zero-order valence-corrected chi connectivity index (χ0v) is 14.8. The third-order valence-electron chi connectivity index (χ3n) is 3.77. The lowest BCUT2D eigenvalue weighted by Crippen LogP contribution is -2.38. The van der Waals surface area contributed by atoms with Gasteiger partial charge in [0.2, 0.25) is 0 Å². The minimum absolute atomic E-state index is 0.461. The molecule has 1 fully saturated rings. The quantitative estimate of drug-likeness (QED) is 0.872. The van der Waals surface area contributed by atoms with Crippen LogP contribution in [0.4, 0.5) is 0 Å². The van der Waals surface area contributed by atoms with Gasteiger partial charge in [-0.15, -0.1) is 11.3 Å². The van der Waals surface area contributed by atoms with Crippen LogP contribution in [0.15, 0.2) is 16.3 Å². The Morgan fingerprint density at radius 1 is 1.43 bits per heavy atom. The first-order chi connectivity index (χ1) is 9.89. The maximum absolute atomic E-state index is 12.6. The van der Waals surface area contributed by atoms with Gasteiger partial charge < -0.3 is 5.32 Å². The smallest absolute Gasteiger partial charge is 0.252 e. The van der Waals surface area contributed by atoms with Crippen molar-refractivity contribution in [3.05, 3.63) is 17.0 Å². The largest absolute Gasteiger partial charge is 0.314 e. The topological polar surface area (TPSA) is 49.4 Å². The number of nitrogens with one attached hydrogen (secondary N) is 1. The van der Waals surface area contributed by atoms with Crippen molar-refractivity contribution in [2.45, 2.75) is 50.3 Å². The van der Waals surface area contributed by atoms with E-state index in [1.54, 1.807) is 10.4 Å². The number of thiophene rings is 1. The molecule has 0 bridgehead atoms. The van der Waals surface area contributed by atoms with Gasteiger partial charge in [-0.3, -0.25) is 0 Å². The summed E-state index contributed by atoms with van der Waals surface area (Å²) in [5.74, 6) is 0.461. The van der Waals surface area contributed by atoms with Gasteiger partial charge in [0.1, 0.15) is 4.21 Å². The molecule has 0 saturated carbocycles. The molecule has 1 atom stereocenters. The van der Waals surface area contributed by atoms with Crippen molar-refractivity contribution in [1.82, 2.24) is 9.62 Å². The van der Waals surface area contributed by atoms with Crippen LogP contribution in [0.25, 0.3) is 0 Å². The van der Waals surface area contributed by atoms with Crippen LogP contribution in [-0.4, -0.2) is 38.4 Å². The molecule has 1 saturated heterocycles. The second-order valence-electron chi connectivity index (χ2n) is 6.19. The fourth-order valence-electron chi connectivity index (χ4n) is 2.61. The second-order valence-corrected chi connectivity index (χ2v) is 9.52. The fourth-order valence-corrected chi connectivity index (χ4v) is 5.72. The van der Waals surface area contributed by atoms with Crippen LogP contribution < -0.4 is 5.32 Å². The number of piperidine rings is 1. The van der Waals surface area contributed by atoms with E-state index in [2.05, 4.69) is 26.1 Å². The summed E-state index contributed by atoms with van der Waals surface area (Å²) in [6, 6.07) is 4.18. The minimum atomic E-state index is -3.28. The van der Waals surface area contributed by atoms with Crippen LogP contribution in [0, 0.1) is 5.92 Å². The van der Waals surface area contributed by atoms with Crippen molar-refractivity contribution in [1.29, 1.82) is 0 Å². The predicted molar refractivity (Wildman–Crippen MR) is 88.3 cm³/mol. The van der Waals surface area contributed by atoms with Crippen molar-refractivity contribution in [3.63, 3.8) is 0 Å². The lowest BCUT2D eigenvalue weighted by molar-refractivity contribution is 0.281. The normalized spacial score (nSPS) is 21.0. The molecule has 1 aliphatic heterocycles. The van der Waals surface area contributed by atoms with E-state index < -0.39 is 10.0 Å². The van der Waals surface area contributed by atoms with E-state index >= 15 is 0 Å². The van der Waals surface area contributed by atoms with Crippen LogP contribution >= 0.6 is 11.3 Å². The predicted octanol–water partition coefficient (Wildman–Crippen LogP) is 2.71. The fraction of sp³-hybridized carbons (Fsp3) is 0.733. The third kappa shape index (κ3) is 4.52. The third-order valence-corrected chi connectivity index (χ3v) is 7.25. The maximum Gasteiger partial charge on any atom is 0.252 e. The molecular formula is C15H26N2O2S2. The van der Waals surface area contributed by atoms with Crippen molar-refractivity contribution in [2.75, 3.05) is 19.6 Å². The van der Waals surface area contributed by atoms with Gasteiger partial charge in [0.15, 0.2) is 0 Å². The van der Waals surface area contributed by atoms with Gasteiger partial charge in [-0.2, -0.15) is 4.31 Å². The van der Waals surface area contributed by atoms with Crippen LogP contribution in [0.5, 0.6) is 0 Å². The number of rotatable bonds is 6. The van der Waals surface area contributed by atoms with E-state index in [4.69, 9.17) is 0 Å². The van der Waals surface area contributed by atoms with Crippen molar-refractivity contribution >= 4 is 21.4 Å². The van der Waals surface area contributed by atoms with Crippen LogP contribution in [-0.2, 0) is 16.4 Å². The molecule has 1 aromatic heterocycles. The Balaban J connectivity index is 2.02. The van der Waals surface area contributed by atoms with E-state index in [9.17, 15) is 8.42 Å². The van der Waals surface area contributed by atoms with Gasteiger partial charge in [0.05, 0.1) is 0 Å². The standard InChI is InChI=1S/C15H26N2O2S2/c1-12(2)16-9-8-14-6-7-15(20-14)21(18,19)17-10-4-5-13(3)11-17/h6-7,12-13,16H,4-5,8-11H2,1-3H3. The van der Waals surface area contributed by atoms with Crippen LogP contribution in [0.2, 0.25) is 0 Å². The highest BCUT2D eigenvalue weighted by molar-refractivity contribution is 7.91. The molecule has 2 heterocycles. The zero-order chi connectivity index (χ0) is 15.5. The van der Waals surface area contributed by atoms with E-state index in [1.807, 2.05) is 6.07 Å². The molecule has 4 nitrogen and oxygen atoms in total. The summed E-state index contributed by atoms with van der Waals surface area (Å²) < 4.78 is 27.5. The summed E-state index contributed by atoms with van der Waals surface area (Å²) in [5, 5.41) is 3.36. The lowest BCUT2D eigenvalue weighted by Gasteiger charge is -2.29. The highest BCUT2D eigenvalue weighted by atomic mass is 32.2. The maximum atomic E-state index is 12.6. The molecule has 1 aromatic rings. The van der Waals surface area contributed by atoms with Gasteiger partial charge in [-0.05, 0) is 37.3 Å². The Bertz CT molecular complexity index is 552. The molecule has 2 rings (SSSR count). The first-order valence-electron chi connectivity index (χ1n) is 7.72. The number of nitrogens with zero attached hydrogens (tertiary/aromatic N) is 1. The molecule has 0 aromatic carbocycles. The highest BCUT2D eigenvalue weighted by Crippen LogP contribution is 2.28. The number of hydrogen-bond acceptors (Lipinski definition) is 4. The first kappa shape index (κ1) is 16.9. The van der Waals surface area contributed by atoms with Crippen molar-refractivity contribution in [2.24, 2.45) is 5.92 Å². The molecule has 120 valence electrons. The number of sulfonamides is 1. The molecule has 1 aliphatic rings. The SMILES string of the molecule is CC1CCCN(S(=O)(=O)c2ccc(CCNC(C)C)s2)C1. The van der Waals surface area contributed by atoms with Gasteiger partial charge in [-0.1, -0.05) is 20.8 Å². The lowest BCUT2D eigenvalue weighted by atomic mass is 10.0. The average Bonchev–Trinajstić information content (AvgIpc) is 2.88. The van der Waals surface area contributed by atoms with Crippen LogP contribution in [0.3, 0.4) is 0 Å². The molecule has 21 heavy (non-hydrogen) atoms. The highest BCUT2D eigenvalue weighted by Gasteiger charge is 2.29.